The van der Waals surface area contributed by atoms with Crippen molar-refractivity contribution in [3.8, 4) is 11.5 Å². The zero-order valence-electron chi connectivity index (χ0n) is 14.7. The largest absolute Gasteiger partial charge is 0.497 e. The molecular weight excluding hydrogens is 290 g/mol. The predicted molar refractivity (Wildman–Crippen MR) is 94.1 cm³/mol. The molecule has 128 valence electrons. The average molecular weight is 319 g/mol. The van der Waals surface area contributed by atoms with Gasteiger partial charge < -0.3 is 20.5 Å². The summed E-state index contributed by atoms with van der Waals surface area (Å²) in [7, 11) is 1.66. The number of aliphatic imine (C=N–C) groups is 1. The third kappa shape index (κ3) is 5.66. The normalized spacial score (nSPS) is 16.4. The molecule has 0 aliphatic heterocycles. The first-order valence-electron chi connectivity index (χ1n) is 8.29. The summed E-state index contributed by atoms with van der Waals surface area (Å²) in [4.78, 5) is 4.43. The van der Waals surface area contributed by atoms with Crippen LogP contribution in [0.1, 0.15) is 52.0 Å². The summed E-state index contributed by atoms with van der Waals surface area (Å²) >= 11 is 0. The van der Waals surface area contributed by atoms with E-state index >= 15 is 0 Å². The van der Waals surface area contributed by atoms with E-state index in [4.69, 9.17) is 15.2 Å². The first-order valence-corrected chi connectivity index (χ1v) is 8.29. The van der Waals surface area contributed by atoms with Crippen molar-refractivity contribution in [2.24, 2.45) is 10.7 Å². The van der Waals surface area contributed by atoms with Crippen molar-refractivity contribution < 1.29 is 9.47 Å². The number of guanidine groups is 1. The molecule has 1 saturated carbocycles. The SMILES string of the molecule is COc1ccc(CN=C(N)NC(C)(C)C)c(OC2CCCC2)c1. The molecular formula is C18H29N3O2. The molecule has 0 heterocycles. The van der Waals surface area contributed by atoms with Crippen molar-refractivity contribution in [3.63, 3.8) is 0 Å². The highest BCUT2D eigenvalue weighted by molar-refractivity contribution is 5.78. The van der Waals surface area contributed by atoms with Crippen LogP contribution in [0.3, 0.4) is 0 Å². The van der Waals surface area contributed by atoms with Crippen molar-refractivity contribution in [3.05, 3.63) is 23.8 Å². The quantitative estimate of drug-likeness (QED) is 0.646. The van der Waals surface area contributed by atoms with E-state index in [0.717, 1.165) is 29.9 Å². The fourth-order valence-corrected chi connectivity index (χ4v) is 2.68. The molecule has 0 aromatic heterocycles. The van der Waals surface area contributed by atoms with E-state index in [0.29, 0.717) is 18.6 Å². The molecule has 0 spiro atoms. The van der Waals surface area contributed by atoms with Crippen LogP contribution < -0.4 is 20.5 Å². The van der Waals surface area contributed by atoms with Crippen LogP contribution >= 0.6 is 0 Å². The lowest BCUT2D eigenvalue weighted by Crippen LogP contribution is -2.44. The van der Waals surface area contributed by atoms with Crippen molar-refractivity contribution in [1.29, 1.82) is 0 Å². The Balaban J connectivity index is 2.11. The zero-order chi connectivity index (χ0) is 16.9. The molecule has 0 amide bonds. The second kappa shape index (κ2) is 7.57. The summed E-state index contributed by atoms with van der Waals surface area (Å²) in [6.45, 7) is 6.65. The smallest absolute Gasteiger partial charge is 0.189 e. The van der Waals surface area contributed by atoms with Crippen LogP contribution in [-0.4, -0.2) is 24.7 Å². The molecule has 2 rings (SSSR count). The van der Waals surface area contributed by atoms with Crippen LogP contribution in [-0.2, 0) is 6.54 Å². The number of ether oxygens (including phenoxy) is 2. The van der Waals surface area contributed by atoms with Gasteiger partial charge in [0, 0.05) is 17.2 Å². The topological polar surface area (TPSA) is 68.9 Å². The molecule has 1 aliphatic rings. The van der Waals surface area contributed by atoms with Crippen LogP contribution in [0.2, 0.25) is 0 Å². The van der Waals surface area contributed by atoms with Gasteiger partial charge in [0.05, 0.1) is 19.8 Å². The van der Waals surface area contributed by atoms with Gasteiger partial charge in [-0.1, -0.05) is 0 Å². The Bertz CT molecular complexity index is 544. The molecule has 0 bridgehead atoms. The number of nitrogens with two attached hydrogens (primary N) is 1. The predicted octanol–water partition coefficient (Wildman–Crippen LogP) is 3.22. The number of methoxy groups -OCH3 is 1. The first-order chi connectivity index (χ1) is 10.9. The minimum atomic E-state index is -0.101. The summed E-state index contributed by atoms with van der Waals surface area (Å²) < 4.78 is 11.5. The third-order valence-electron chi connectivity index (χ3n) is 3.79. The fourth-order valence-electron chi connectivity index (χ4n) is 2.68. The molecule has 0 radical (unpaired) electrons. The summed E-state index contributed by atoms with van der Waals surface area (Å²) in [5.74, 6) is 2.09. The Kier molecular flexibility index (Phi) is 5.74. The number of hydrogen-bond donors (Lipinski definition) is 2. The van der Waals surface area contributed by atoms with Crippen molar-refractivity contribution in [2.45, 2.75) is 64.6 Å². The van der Waals surface area contributed by atoms with Gasteiger partial charge in [0.15, 0.2) is 5.96 Å². The van der Waals surface area contributed by atoms with Crippen molar-refractivity contribution in [2.75, 3.05) is 7.11 Å². The van der Waals surface area contributed by atoms with Crippen molar-refractivity contribution in [1.82, 2.24) is 5.32 Å². The van der Waals surface area contributed by atoms with Gasteiger partial charge in [0.1, 0.15) is 11.5 Å². The molecule has 0 unspecified atom stereocenters. The highest BCUT2D eigenvalue weighted by atomic mass is 16.5. The molecule has 23 heavy (non-hydrogen) atoms. The van der Waals surface area contributed by atoms with E-state index in [2.05, 4.69) is 31.1 Å². The van der Waals surface area contributed by atoms with Crippen LogP contribution in [0, 0.1) is 0 Å². The van der Waals surface area contributed by atoms with Crippen molar-refractivity contribution >= 4 is 5.96 Å². The van der Waals surface area contributed by atoms with E-state index in [1.807, 2.05) is 18.2 Å². The number of rotatable bonds is 5. The molecule has 0 atom stereocenters. The van der Waals surface area contributed by atoms with Gasteiger partial charge in [-0.15, -0.1) is 0 Å². The monoisotopic (exact) mass is 319 g/mol. The van der Waals surface area contributed by atoms with Gasteiger partial charge in [-0.3, -0.25) is 0 Å². The molecule has 3 N–H and O–H groups in total. The second-order valence-electron chi connectivity index (χ2n) is 7.07. The van der Waals surface area contributed by atoms with Crippen LogP contribution in [0.4, 0.5) is 0 Å². The highest BCUT2D eigenvalue weighted by Gasteiger charge is 2.18. The maximum atomic E-state index is 6.17. The van der Waals surface area contributed by atoms with Gasteiger partial charge in [-0.25, -0.2) is 4.99 Å². The van der Waals surface area contributed by atoms with E-state index in [-0.39, 0.29) is 5.54 Å². The first kappa shape index (κ1) is 17.4. The minimum absolute atomic E-state index is 0.101. The average Bonchev–Trinajstić information content (AvgIpc) is 2.97. The van der Waals surface area contributed by atoms with E-state index in [1.54, 1.807) is 7.11 Å². The molecule has 0 saturated heterocycles. The number of nitrogens with zero attached hydrogens (tertiary/aromatic N) is 1. The van der Waals surface area contributed by atoms with Gasteiger partial charge in [-0.2, -0.15) is 0 Å². The van der Waals surface area contributed by atoms with Gasteiger partial charge in [0.25, 0.3) is 0 Å². The highest BCUT2D eigenvalue weighted by Crippen LogP contribution is 2.30. The standard InChI is InChI=1S/C18H29N3O2/c1-18(2,3)21-17(19)20-12-13-9-10-15(22-4)11-16(13)23-14-7-5-6-8-14/h9-11,14H,5-8,12H2,1-4H3,(H3,19,20,21). The van der Waals surface area contributed by atoms with Gasteiger partial charge >= 0.3 is 0 Å². The number of nitrogens with one attached hydrogen (secondary N) is 1. The molecule has 1 fully saturated rings. The number of benzene rings is 1. The third-order valence-corrected chi connectivity index (χ3v) is 3.79. The Morgan fingerprint density at radius 1 is 1.30 bits per heavy atom. The Hall–Kier alpha value is -1.91. The van der Waals surface area contributed by atoms with E-state index in [9.17, 15) is 0 Å². The lowest BCUT2D eigenvalue weighted by Gasteiger charge is -2.21. The minimum Gasteiger partial charge on any atom is -0.497 e. The molecule has 1 aromatic rings. The Labute approximate surface area is 139 Å². The fraction of sp³-hybridized carbons (Fsp3) is 0.611. The molecule has 1 aromatic carbocycles. The molecule has 5 nitrogen and oxygen atoms in total. The van der Waals surface area contributed by atoms with Crippen LogP contribution in [0.15, 0.2) is 23.2 Å². The van der Waals surface area contributed by atoms with Gasteiger partial charge in [0.2, 0.25) is 0 Å². The summed E-state index contributed by atoms with van der Waals surface area (Å²) in [5, 5.41) is 3.17. The number of hydrogen-bond acceptors (Lipinski definition) is 3. The lowest BCUT2D eigenvalue weighted by atomic mass is 10.1. The maximum Gasteiger partial charge on any atom is 0.189 e. The van der Waals surface area contributed by atoms with E-state index in [1.165, 1.54) is 12.8 Å². The van der Waals surface area contributed by atoms with Gasteiger partial charge in [-0.05, 0) is 58.6 Å². The lowest BCUT2D eigenvalue weighted by molar-refractivity contribution is 0.207. The Morgan fingerprint density at radius 2 is 2.00 bits per heavy atom. The van der Waals surface area contributed by atoms with Crippen LogP contribution in [0.5, 0.6) is 11.5 Å². The van der Waals surface area contributed by atoms with Crippen LogP contribution in [0.25, 0.3) is 0 Å². The summed E-state index contributed by atoms with van der Waals surface area (Å²) in [6.07, 6.45) is 5.02. The molecule has 1 aliphatic carbocycles. The molecule has 5 heteroatoms. The second-order valence-corrected chi connectivity index (χ2v) is 7.07. The van der Waals surface area contributed by atoms with E-state index < -0.39 is 0 Å². The Morgan fingerprint density at radius 3 is 2.61 bits per heavy atom. The summed E-state index contributed by atoms with van der Waals surface area (Å²) in [5.41, 5.74) is 6.87. The summed E-state index contributed by atoms with van der Waals surface area (Å²) in [6, 6.07) is 5.87. The maximum absolute atomic E-state index is 6.17. The zero-order valence-corrected chi connectivity index (χ0v) is 14.7.